The van der Waals surface area contributed by atoms with E-state index < -0.39 is 0 Å². The summed E-state index contributed by atoms with van der Waals surface area (Å²) in [5, 5.41) is 3.44. The van der Waals surface area contributed by atoms with E-state index in [0.29, 0.717) is 0 Å². The zero-order valence-corrected chi connectivity index (χ0v) is 16.6. The standard InChI is InChI=1S/C16H29N5.HI/c1-5-17-16(21-11-13(2)10-14(3)12-21)19-7-9-20-8-6-18-15(20)4;/h6,8,13-14H,5,7,9-12H2,1-4H3,(H,17,19);1H. The van der Waals surface area contributed by atoms with Gasteiger partial charge in [0.25, 0.3) is 0 Å². The summed E-state index contributed by atoms with van der Waals surface area (Å²) >= 11 is 0. The quantitative estimate of drug-likeness (QED) is 0.464. The summed E-state index contributed by atoms with van der Waals surface area (Å²) < 4.78 is 2.15. The maximum Gasteiger partial charge on any atom is 0.193 e. The number of aromatic nitrogens is 2. The first-order chi connectivity index (χ1) is 10.1. The first kappa shape index (κ1) is 19.3. The van der Waals surface area contributed by atoms with Gasteiger partial charge in [0.05, 0.1) is 6.54 Å². The molecule has 5 nitrogen and oxygen atoms in total. The van der Waals surface area contributed by atoms with Gasteiger partial charge >= 0.3 is 0 Å². The van der Waals surface area contributed by atoms with Crippen molar-refractivity contribution in [1.82, 2.24) is 19.8 Å². The van der Waals surface area contributed by atoms with Crippen LogP contribution in [0.5, 0.6) is 0 Å². The smallest absolute Gasteiger partial charge is 0.193 e. The highest BCUT2D eigenvalue weighted by Crippen LogP contribution is 2.20. The molecule has 126 valence electrons. The third-order valence-corrected chi connectivity index (χ3v) is 4.03. The van der Waals surface area contributed by atoms with Crippen molar-refractivity contribution in [3.8, 4) is 0 Å². The lowest BCUT2D eigenvalue weighted by Gasteiger charge is -2.37. The molecule has 0 aliphatic carbocycles. The highest BCUT2D eigenvalue weighted by atomic mass is 127. The number of guanidine groups is 1. The fraction of sp³-hybridized carbons (Fsp3) is 0.750. The molecule has 0 amide bonds. The summed E-state index contributed by atoms with van der Waals surface area (Å²) in [6.45, 7) is 13.7. The van der Waals surface area contributed by atoms with Crippen molar-refractivity contribution >= 4 is 29.9 Å². The van der Waals surface area contributed by atoms with Crippen LogP contribution < -0.4 is 5.32 Å². The molecule has 1 aliphatic heterocycles. The zero-order valence-electron chi connectivity index (χ0n) is 14.2. The zero-order chi connectivity index (χ0) is 15.2. The molecule has 2 atom stereocenters. The molecule has 22 heavy (non-hydrogen) atoms. The second kappa shape index (κ2) is 9.37. The van der Waals surface area contributed by atoms with Gasteiger partial charge in [-0.15, -0.1) is 24.0 Å². The molecule has 1 aliphatic rings. The Bertz CT molecular complexity index is 461. The van der Waals surface area contributed by atoms with Gasteiger partial charge in [0.2, 0.25) is 0 Å². The molecule has 0 radical (unpaired) electrons. The van der Waals surface area contributed by atoms with Crippen LogP contribution in [0.2, 0.25) is 0 Å². The van der Waals surface area contributed by atoms with Gasteiger partial charge in [0, 0.05) is 38.6 Å². The summed E-state index contributed by atoms with van der Waals surface area (Å²) in [4.78, 5) is 11.5. The van der Waals surface area contributed by atoms with E-state index in [1.54, 1.807) is 0 Å². The Labute approximate surface area is 151 Å². The number of imidazole rings is 1. The van der Waals surface area contributed by atoms with Crippen LogP contribution in [0.15, 0.2) is 17.4 Å². The molecule has 1 saturated heterocycles. The molecule has 0 bridgehead atoms. The number of hydrogen-bond donors (Lipinski definition) is 1. The number of hydrogen-bond acceptors (Lipinski definition) is 2. The highest BCUT2D eigenvalue weighted by molar-refractivity contribution is 14.0. The van der Waals surface area contributed by atoms with Crippen molar-refractivity contribution in [2.75, 3.05) is 26.2 Å². The van der Waals surface area contributed by atoms with Crippen molar-refractivity contribution in [2.24, 2.45) is 16.8 Å². The second-order valence-electron chi connectivity index (χ2n) is 6.25. The first-order valence-corrected chi connectivity index (χ1v) is 8.11. The number of nitrogens with one attached hydrogen (secondary N) is 1. The molecular formula is C16H30IN5. The molecule has 1 N–H and O–H groups in total. The first-order valence-electron chi connectivity index (χ1n) is 8.11. The van der Waals surface area contributed by atoms with Gasteiger partial charge in [-0.05, 0) is 32.1 Å². The summed E-state index contributed by atoms with van der Waals surface area (Å²) in [5.74, 6) is 3.60. The number of likely N-dealkylation sites (tertiary alicyclic amines) is 1. The molecule has 0 saturated carbocycles. The van der Waals surface area contributed by atoms with Gasteiger partial charge in [0.1, 0.15) is 5.82 Å². The third-order valence-electron chi connectivity index (χ3n) is 4.03. The van der Waals surface area contributed by atoms with Crippen molar-refractivity contribution in [3.05, 3.63) is 18.2 Å². The summed E-state index contributed by atoms with van der Waals surface area (Å²) in [6.07, 6.45) is 5.19. The molecule has 2 heterocycles. The number of rotatable bonds is 4. The van der Waals surface area contributed by atoms with E-state index in [9.17, 15) is 0 Å². The van der Waals surface area contributed by atoms with Gasteiger partial charge in [-0.2, -0.15) is 0 Å². The van der Waals surface area contributed by atoms with E-state index in [-0.39, 0.29) is 24.0 Å². The fourth-order valence-corrected chi connectivity index (χ4v) is 3.17. The van der Waals surface area contributed by atoms with E-state index >= 15 is 0 Å². The van der Waals surface area contributed by atoms with Crippen molar-refractivity contribution in [3.63, 3.8) is 0 Å². The van der Waals surface area contributed by atoms with E-state index in [1.807, 2.05) is 19.3 Å². The van der Waals surface area contributed by atoms with Gasteiger partial charge < -0.3 is 14.8 Å². The van der Waals surface area contributed by atoms with Crippen molar-refractivity contribution in [2.45, 2.75) is 40.7 Å². The van der Waals surface area contributed by atoms with E-state index in [1.165, 1.54) is 6.42 Å². The molecule has 1 aromatic rings. The van der Waals surface area contributed by atoms with Gasteiger partial charge in [-0.3, -0.25) is 4.99 Å². The average Bonchev–Trinajstić information content (AvgIpc) is 2.82. The van der Waals surface area contributed by atoms with Crippen LogP contribution in [0, 0.1) is 18.8 Å². The predicted octanol–water partition coefficient (Wildman–Crippen LogP) is 2.75. The maximum absolute atomic E-state index is 4.80. The molecule has 2 rings (SSSR count). The number of nitrogens with zero attached hydrogens (tertiary/aromatic N) is 4. The lowest BCUT2D eigenvalue weighted by atomic mass is 9.92. The normalized spacial score (nSPS) is 22.4. The molecule has 1 aromatic heterocycles. The molecule has 1 fully saturated rings. The molecular weight excluding hydrogens is 389 g/mol. The number of halogens is 1. The Morgan fingerprint density at radius 2 is 2.05 bits per heavy atom. The van der Waals surface area contributed by atoms with Gasteiger partial charge in [-0.25, -0.2) is 4.98 Å². The number of aliphatic imine (C=N–C) groups is 1. The Hall–Kier alpha value is -0.790. The molecule has 2 unspecified atom stereocenters. The molecule has 0 aromatic carbocycles. The van der Waals surface area contributed by atoms with Crippen LogP contribution in [0.1, 0.15) is 33.0 Å². The summed E-state index contributed by atoms with van der Waals surface area (Å²) in [7, 11) is 0. The highest BCUT2D eigenvalue weighted by Gasteiger charge is 2.23. The lowest BCUT2D eigenvalue weighted by Crippen LogP contribution is -2.48. The predicted molar refractivity (Wildman–Crippen MR) is 103 cm³/mol. The minimum absolute atomic E-state index is 0. The van der Waals surface area contributed by atoms with Crippen LogP contribution in [0.3, 0.4) is 0 Å². The van der Waals surface area contributed by atoms with E-state index in [0.717, 1.165) is 56.3 Å². The van der Waals surface area contributed by atoms with Crippen LogP contribution in [-0.4, -0.2) is 46.6 Å². The minimum atomic E-state index is 0. The van der Waals surface area contributed by atoms with Crippen LogP contribution >= 0.6 is 24.0 Å². The molecule has 6 heteroatoms. The van der Waals surface area contributed by atoms with E-state index in [2.05, 4.69) is 40.5 Å². The van der Waals surface area contributed by atoms with Crippen molar-refractivity contribution in [1.29, 1.82) is 0 Å². The summed E-state index contributed by atoms with van der Waals surface area (Å²) in [6, 6.07) is 0. The largest absolute Gasteiger partial charge is 0.357 e. The van der Waals surface area contributed by atoms with Crippen LogP contribution in [0.25, 0.3) is 0 Å². The summed E-state index contributed by atoms with van der Waals surface area (Å²) in [5.41, 5.74) is 0. The topological polar surface area (TPSA) is 45.5 Å². The van der Waals surface area contributed by atoms with Gasteiger partial charge in [-0.1, -0.05) is 13.8 Å². The van der Waals surface area contributed by atoms with Crippen LogP contribution in [0.4, 0.5) is 0 Å². The molecule has 0 spiro atoms. The Kier molecular flexibility index (Phi) is 8.20. The van der Waals surface area contributed by atoms with Crippen molar-refractivity contribution < 1.29 is 0 Å². The average molecular weight is 419 g/mol. The van der Waals surface area contributed by atoms with Gasteiger partial charge in [0.15, 0.2) is 5.96 Å². The van der Waals surface area contributed by atoms with E-state index in [4.69, 9.17) is 4.99 Å². The maximum atomic E-state index is 4.80. The monoisotopic (exact) mass is 419 g/mol. The second-order valence-corrected chi connectivity index (χ2v) is 6.25. The Balaban J connectivity index is 0.00000242. The Morgan fingerprint density at radius 3 is 2.59 bits per heavy atom. The Morgan fingerprint density at radius 1 is 1.36 bits per heavy atom. The fourth-order valence-electron chi connectivity index (χ4n) is 3.17. The third kappa shape index (κ3) is 5.44. The minimum Gasteiger partial charge on any atom is -0.357 e. The SMILES string of the molecule is CCNC(=NCCn1ccnc1C)N1CC(C)CC(C)C1.I. The van der Waals surface area contributed by atoms with Crippen LogP contribution in [-0.2, 0) is 6.54 Å². The lowest BCUT2D eigenvalue weighted by molar-refractivity contribution is 0.208. The number of piperidine rings is 1. The number of aryl methyl sites for hydroxylation is 1.